The van der Waals surface area contributed by atoms with Gasteiger partial charge in [0.1, 0.15) is 11.4 Å². The summed E-state index contributed by atoms with van der Waals surface area (Å²) < 4.78 is 0. The summed E-state index contributed by atoms with van der Waals surface area (Å²) in [6.45, 7) is 8.47. The Hall–Kier alpha value is -3.11. The largest absolute Gasteiger partial charge is 0.385 e. The average Bonchev–Trinajstić information content (AvgIpc) is 2.76. The smallest absolute Gasteiger partial charge is 0.334 e. The van der Waals surface area contributed by atoms with Crippen LogP contribution in [0.3, 0.4) is 0 Å². The lowest BCUT2D eigenvalue weighted by Crippen LogP contribution is -2.63. The normalized spacial score (nSPS) is 27.7. The van der Waals surface area contributed by atoms with Crippen LogP contribution in [-0.2, 0) is 14.4 Å². The van der Waals surface area contributed by atoms with Crippen LogP contribution in [0.5, 0.6) is 0 Å². The zero-order chi connectivity index (χ0) is 26.3. The summed E-state index contributed by atoms with van der Waals surface area (Å²) in [5.41, 5.74) is 10.1. The first-order chi connectivity index (χ1) is 16.2. The molecule has 35 heavy (non-hydrogen) atoms. The number of rotatable bonds is 6. The zero-order valence-electron chi connectivity index (χ0n) is 21.4. The Morgan fingerprint density at radius 2 is 1.57 bits per heavy atom. The van der Waals surface area contributed by atoms with E-state index >= 15 is 0 Å². The number of unbranched alkanes of at least 4 members (excludes halogenated alkanes) is 1. The van der Waals surface area contributed by atoms with E-state index in [1.165, 1.54) is 7.05 Å². The van der Waals surface area contributed by atoms with Gasteiger partial charge < -0.3 is 16.4 Å². The highest BCUT2D eigenvalue weighted by Crippen LogP contribution is 2.42. The molecule has 4 N–H and O–H groups in total. The molecule has 0 aromatic carbocycles. The van der Waals surface area contributed by atoms with E-state index in [0.717, 1.165) is 21.1 Å². The van der Waals surface area contributed by atoms with Crippen LogP contribution in [0.25, 0.3) is 0 Å². The van der Waals surface area contributed by atoms with Gasteiger partial charge in [-0.2, -0.15) is 0 Å². The summed E-state index contributed by atoms with van der Waals surface area (Å²) in [7, 11) is 1.50. The van der Waals surface area contributed by atoms with E-state index in [2.05, 4.69) is 6.92 Å². The molecule has 0 aromatic heterocycles. The van der Waals surface area contributed by atoms with Crippen molar-refractivity contribution in [1.82, 2.24) is 19.6 Å². The van der Waals surface area contributed by atoms with Crippen molar-refractivity contribution in [2.24, 2.45) is 16.9 Å². The van der Waals surface area contributed by atoms with Crippen molar-refractivity contribution in [2.45, 2.75) is 84.2 Å². The van der Waals surface area contributed by atoms with Crippen molar-refractivity contribution in [3.8, 4) is 0 Å². The van der Waals surface area contributed by atoms with Crippen LogP contribution >= 0.6 is 0 Å². The molecule has 0 atom stereocenters. The van der Waals surface area contributed by atoms with Crippen LogP contribution in [0.4, 0.5) is 9.59 Å². The fourth-order valence-electron chi connectivity index (χ4n) is 5.24. The van der Waals surface area contributed by atoms with Gasteiger partial charge in [0.15, 0.2) is 0 Å². The molecular weight excluding hydrogens is 452 g/mol. The fourth-order valence-corrected chi connectivity index (χ4v) is 5.24. The summed E-state index contributed by atoms with van der Waals surface area (Å²) >= 11 is 0. The highest BCUT2D eigenvalue weighted by Gasteiger charge is 2.49. The lowest BCUT2D eigenvalue weighted by atomic mass is 9.72. The third kappa shape index (κ3) is 4.85. The van der Waals surface area contributed by atoms with Gasteiger partial charge in [0.2, 0.25) is 5.91 Å². The molecule has 0 radical (unpaired) electrons. The standard InChI is InChI=1S/C24H38N6O5/c1-6-7-12-28-19(32)17(18(25)26)20(33)30(22(28)35)15-8-10-24(4,11-9-15)14-29-21(34)27(5)16(31)13-23(29,2)3/h15H,6-14,25-26H2,1-5H3. The van der Waals surface area contributed by atoms with Gasteiger partial charge in [0.05, 0.1) is 6.42 Å². The number of nitrogens with two attached hydrogens (primary N) is 2. The topological polar surface area (TPSA) is 150 Å². The van der Waals surface area contributed by atoms with Crippen molar-refractivity contribution in [1.29, 1.82) is 0 Å². The quantitative estimate of drug-likeness (QED) is 0.425. The molecule has 0 aromatic rings. The summed E-state index contributed by atoms with van der Waals surface area (Å²) in [4.78, 5) is 69.3. The number of amides is 7. The third-order valence-electron chi connectivity index (χ3n) is 7.63. The van der Waals surface area contributed by atoms with Crippen LogP contribution in [0, 0.1) is 5.41 Å². The molecule has 2 aliphatic heterocycles. The van der Waals surface area contributed by atoms with Crippen molar-refractivity contribution < 1.29 is 24.0 Å². The van der Waals surface area contributed by atoms with Crippen LogP contribution in [0.2, 0.25) is 0 Å². The maximum atomic E-state index is 13.2. The van der Waals surface area contributed by atoms with Gasteiger partial charge in [-0.25, -0.2) is 9.59 Å². The molecule has 11 nitrogen and oxygen atoms in total. The highest BCUT2D eigenvalue weighted by molar-refractivity contribution is 6.29. The van der Waals surface area contributed by atoms with Gasteiger partial charge in [0, 0.05) is 31.7 Å². The molecule has 1 saturated carbocycles. The maximum absolute atomic E-state index is 13.2. The van der Waals surface area contributed by atoms with Gasteiger partial charge in [-0.3, -0.25) is 29.1 Å². The molecule has 0 unspecified atom stereocenters. The molecule has 3 fully saturated rings. The van der Waals surface area contributed by atoms with E-state index in [1.807, 2.05) is 20.8 Å². The molecule has 2 heterocycles. The van der Waals surface area contributed by atoms with Crippen molar-refractivity contribution in [3.63, 3.8) is 0 Å². The first-order valence-corrected chi connectivity index (χ1v) is 12.3. The molecule has 0 spiro atoms. The van der Waals surface area contributed by atoms with E-state index in [1.54, 1.807) is 4.90 Å². The predicted octanol–water partition coefficient (Wildman–Crippen LogP) is 1.72. The molecule has 7 amide bonds. The van der Waals surface area contributed by atoms with Crippen LogP contribution < -0.4 is 11.5 Å². The second kappa shape index (κ2) is 9.50. The Labute approximate surface area is 206 Å². The van der Waals surface area contributed by atoms with Gasteiger partial charge in [-0.15, -0.1) is 0 Å². The van der Waals surface area contributed by atoms with Crippen molar-refractivity contribution >= 4 is 29.8 Å². The molecule has 194 valence electrons. The number of carbonyl (C=O) groups is 5. The summed E-state index contributed by atoms with van der Waals surface area (Å²) in [5.74, 6) is -2.06. The van der Waals surface area contributed by atoms with Gasteiger partial charge >= 0.3 is 12.1 Å². The molecule has 2 saturated heterocycles. The lowest BCUT2D eigenvalue weighted by Gasteiger charge is -2.50. The Balaban J connectivity index is 1.77. The molecule has 1 aliphatic carbocycles. The Bertz CT molecular complexity index is 961. The Morgan fingerprint density at radius 1 is 0.971 bits per heavy atom. The van der Waals surface area contributed by atoms with Crippen molar-refractivity contribution in [3.05, 3.63) is 11.4 Å². The fraction of sp³-hybridized carbons (Fsp3) is 0.708. The minimum atomic E-state index is -0.742. The molecular formula is C24H38N6O5. The van der Waals surface area contributed by atoms with E-state index in [9.17, 15) is 24.0 Å². The Morgan fingerprint density at radius 3 is 2.11 bits per heavy atom. The zero-order valence-corrected chi connectivity index (χ0v) is 21.4. The van der Waals surface area contributed by atoms with E-state index < -0.39 is 29.4 Å². The van der Waals surface area contributed by atoms with Crippen LogP contribution in [0.1, 0.15) is 72.6 Å². The molecule has 3 aliphatic rings. The van der Waals surface area contributed by atoms with Gasteiger partial charge in [-0.05, 0) is 51.4 Å². The first-order valence-electron chi connectivity index (χ1n) is 12.3. The summed E-state index contributed by atoms with van der Waals surface area (Å²) in [6.07, 6.45) is 4.00. The maximum Gasteiger partial charge on any atom is 0.334 e. The van der Waals surface area contributed by atoms with Crippen molar-refractivity contribution in [2.75, 3.05) is 20.1 Å². The number of imide groups is 3. The monoisotopic (exact) mass is 490 g/mol. The number of hydrogen-bond acceptors (Lipinski definition) is 7. The number of nitrogens with zero attached hydrogens (tertiary/aromatic N) is 4. The van der Waals surface area contributed by atoms with E-state index in [0.29, 0.717) is 38.6 Å². The summed E-state index contributed by atoms with van der Waals surface area (Å²) in [6, 6.07) is -1.34. The van der Waals surface area contributed by atoms with E-state index in [4.69, 9.17) is 11.5 Å². The van der Waals surface area contributed by atoms with Crippen LogP contribution in [0.15, 0.2) is 11.4 Å². The average molecular weight is 491 g/mol. The third-order valence-corrected chi connectivity index (χ3v) is 7.63. The van der Waals surface area contributed by atoms with Gasteiger partial charge in [-0.1, -0.05) is 20.3 Å². The molecule has 11 heteroatoms. The highest BCUT2D eigenvalue weighted by atomic mass is 16.2. The minimum absolute atomic E-state index is 0.192. The minimum Gasteiger partial charge on any atom is -0.385 e. The first kappa shape index (κ1) is 26.5. The number of carbonyl (C=O) groups excluding carboxylic acids is 5. The lowest BCUT2D eigenvalue weighted by molar-refractivity contribution is -0.138. The Kier molecular flexibility index (Phi) is 7.19. The second-order valence-electron chi connectivity index (χ2n) is 11.0. The number of barbiturate groups is 1. The number of urea groups is 2. The second-order valence-corrected chi connectivity index (χ2v) is 11.0. The molecule has 3 rings (SSSR count). The SMILES string of the molecule is CCCCN1C(=O)C(=C(N)N)C(=O)N(C2CCC(C)(CN3C(=O)N(C)C(=O)CC3(C)C)CC2)C1=O. The van der Waals surface area contributed by atoms with E-state index in [-0.39, 0.29) is 41.7 Å². The predicted molar refractivity (Wildman–Crippen MR) is 128 cm³/mol. The van der Waals surface area contributed by atoms with Crippen LogP contribution in [-0.4, -0.2) is 81.1 Å². The molecule has 0 bridgehead atoms. The summed E-state index contributed by atoms with van der Waals surface area (Å²) in [5, 5.41) is 0. The number of hydrogen-bond donors (Lipinski definition) is 2. The van der Waals surface area contributed by atoms with Gasteiger partial charge in [0.25, 0.3) is 11.8 Å².